The van der Waals surface area contributed by atoms with E-state index in [2.05, 4.69) is 22.1 Å². The zero-order valence-electron chi connectivity index (χ0n) is 14.9. The van der Waals surface area contributed by atoms with Gasteiger partial charge in [0.05, 0.1) is 13.2 Å². The van der Waals surface area contributed by atoms with E-state index in [0.29, 0.717) is 24.4 Å². The second kappa shape index (κ2) is 12.3. The first-order valence-corrected chi connectivity index (χ1v) is 8.85. The van der Waals surface area contributed by atoms with Gasteiger partial charge < -0.3 is 15.8 Å². The number of guanidine groups is 1. The molecule has 3 N–H and O–H groups in total. The Balaban J connectivity index is 0.00000312. The Morgan fingerprint density at radius 1 is 1.36 bits per heavy atom. The third-order valence-electron chi connectivity index (χ3n) is 4.34. The van der Waals surface area contributed by atoms with Gasteiger partial charge in [-0.1, -0.05) is 6.92 Å². The lowest BCUT2D eigenvalue weighted by Crippen LogP contribution is -2.36. The molecule has 2 rings (SSSR count). The molecule has 1 unspecified atom stereocenters. The number of rotatable bonds is 9. The number of likely N-dealkylation sites (tertiary alicyclic amines) is 1. The summed E-state index contributed by atoms with van der Waals surface area (Å²) in [5.41, 5.74) is 5.91. The van der Waals surface area contributed by atoms with Crippen LogP contribution >= 0.6 is 24.0 Å². The molecule has 1 aromatic carbocycles. The number of nitrogens with one attached hydrogen (secondary N) is 1. The highest BCUT2D eigenvalue weighted by molar-refractivity contribution is 14.0. The fraction of sp³-hybridized carbons (Fsp3) is 0.611. The van der Waals surface area contributed by atoms with Crippen LogP contribution in [-0.4, -0.2) is 49.7 Å². The van der Waals surface area contributed by atoms with Gasteiger partial charge in [0.15, 0.2) is 5.96 Å². The van der Waals surface area contributed by atoms with Crippen LogP contribution in [0.5, 0.6) is 5.75 Å². The van der Waals surface area contributed by atoms with Crippen LogP contribution < -0.4 is 15.8 Å². The van der Waals surface area contributed by atoms with E-state index in [1.165, 1.54) is 31.5 Å². The van der Waals surface area contributed by atoms with Gasteiger partial charge in [-0.3, -0.25) is 9.89 Å². The van der Waals surface area contributed by atoms with Crippen molar-refractivity contribution in [3.05, 3.63) is 30.1 Å². The van der Waals surface area contributed by atoms with Crippen molar-refractivity contribution in [2.45, 2.75) is 38.6 Å². The van der Waals surface area contributed by atoms with Crippen LogP contribution in [0.25, 0.3) is 0 Å². The van der Waals surface area contributed by atoms with E-state index in [4.69, 9.17) is 10.5 Å². The minimum Gasteiger partial charge on any atom is -0.494 e. The third kappa shape index (κ3) is 8.22. The summed E-state index contributed by atoms with van der Waals surface area (Å²) in [6.45, 7) is 6.62. The first kappa shape index (κ1) is 22.0. The van der Waals surface area contributed by atoms with Gasteiger partial charge in [0.25, 0.3) is 0 Å². The maximum atomic E-state index is 12.8. The smallest absolute Gasteiger partial charge is 0.188 e. The molecule has 0 spiro atoms. The molecule has 1 fully saturated rings. The van der Waals surface area contributed by atoms with Gasteiger partial charge in [-0.05, 0) is 63.0 Å². The molecule has 1 aliphatic heterocycles. The maximum absolute atomic E-state index is 12.8. The Labute approximate surface area is 167 Å². The second-order valence-corrected chi connectivity index (χ2v) is 6.09. The predicted molar refractivity (Wildman–Crippen MR) is 111 cm³/mol. The summed E-state index contributed by atoms with van der Waals surface area (Å²) >= 11 is 0. The lowest BCUT2D eigenvalue weighted by atomic mass is 10.2. The number of likely N-dealkylation sites (N-methyl/N-ethyl adjacent to an activating group) is 1. The Kier molecular flexibility index (Phi) is 10.8. The van der Waals surface area contributed by atoms with Crippen molar-refractivity contribution in [1.29, 1.82) is 0 Å². The highest BCUT2D eigenvalue weighted by Crippen LogP contribution is 2.16. The van der Waals surface area contributed by atoms with Gasteiger partial charge in [0.2, 0.25) is 0 Å². The lowest BCUT2D eigenvalue weighted by Gasteiger charge is -2.20. The first-order valence-electron chi connectivity index (χ1n) is 8.85. The molecule has 0 saturated carbocycles. The van der Waals surface area contributed by atoms with Gasteiger partial charge >= 0.3 is 0 Å². The molecule has 25 heavy (non-hydrogen) atoms. The zero-order valence-corrected chi connectivity index (χ0v) is 17.2. The quantitative estimate of drug-likeness (QED) is 0.255. The average Bonchev–Trinajstić information content (AvgIpc) is 3.05. The minimum absolute atomic E-state index is 0. The van der Waals surface area contributed by atoms with Gasteiger partial charge in [0, 0.05) is 12.6 Å². The molecule has 0 aliphatic carbocycles. The summed E-state index contributed by atoms with van der Waals surface area (Å²) in [6.07, 6.45) is 4.33. The molecule has 0 radical (unpaired) electrons. The van der Waals surface area contributed by atoms with Crippen LogP contribution in [0.2, 0.25) is 0 Å². The number of hydrogen-bond donors (Lipinski definition) is 2. The number of benzene rings is 1. The van der Waals surface area contributed by atoms with Gasteiger partial charge in [-0.15, -0.1) is 24.0 Å². The van der Waals surface area contributed by atoms with Gasteiger partial charge in [0.1, 0.15) is 11.6 Å². The topological polar surface area (TPSA) is 62.9 Å². The monoisotopic (exact) mass is 464 g/mol. The molecule has 1 aromatic rings. The van der Waals surface area contributed by atoms with E-state index in [-0.39, 0.29) is 29.8 Å². The molecule has 1 aliphatic rings. The fourth-order valence-corrected chi connectivity index (χ4v) is 2.94. The van der Waals surface area contributed by atoms with Crippen LogP contribution in [0.3, 0.4) is 0 Å². The van der Waals surface area contributed by atoms with Crippen LogP contribution in [0, 0.1) is 5.82 Å². The van der Waals surface area contributed by atoms with Crippen LogP contribution in [0.15, 0.2) is 29.3 Å². The Hall–Kier alpha value is -1.09. The normalized spacial score (nSPS) is 18.0. The number of aliphatic imine (C=N–C) groups is 1. The molecule has 7 heteroatoms. The van der Waals surface area contributed by atoms with Crippen molar-refractivity contribution in [2.24, 2.45) is 10.7 Å². The molecule has 142 valence electrons. The molecule has 1 saturated heterocycles. The van der Waals surface area contributed by atoms with Crippen molar-refractivity contribution in [1.82, 2.24) is 10.2 Å². The SMILES string of the molecule is CCN1CCCC1CN=C(N)NCCCCOc1ccc(F)cc1.I. The number of halogens is 2. The standard InChI is InChI=1S/C18H29FN4O.HI/c1-2-23-12-5-6-16(23)14-22-18(20)21-11-3-4-13-24-17-9-7-15(19)8-10-17;/h7-10,16H,2-6,11-14H2,1H3,(H3,20,21,22);1H. The van der Waals surface area contributed by atoms with E-state index in [1.54, 1.807) is 12.1 Å². The van der Waals surface area contributed by atoms with Gasteiger partial charge in [-0.2, -0.15) is 0 Å². The molecular formula is C18H30FIN4O. The van der Waals surface area contributed by atoms with Gasteiger partial charge in [-0.25, -0.2) is 4.39 Å². The number of nitrogens with two attached hydrogens (primary N) is 1. The van der Waals surface area contributed by atoms with Crippen molar-refractivity contribution >= 4 is 29.9 Å². The zero-order chi connectivity index (χ0) is 17.2. The number of hydrogen-bond acceptors (Lipinski definition) is 3. The molecule has 0 aromatic heterocycles. The Morgan fingerprint density at radius 2 is 2.12 bits per heavy atom. The molecule has 5 nitrogen and oxygen atoms in total. The summed E-state index contributed by atoms with van der Waals surface area (Å²) in [5, 5.41) is 3.15. The first-order chi connectivity index (χ1) is 11.7. The highest BCUT2D eigenvalue weighted by atomic mass is 127. The van der Waals surface area contributed by atoms with E-state index < -0.39 is 0 Å². The maximum Gasteiger partial charge on any atom is 0.188 e. The molecule has 0 amide bonds. The summed E-state index contributed by atoms with van der Waals surface area (Å²) in [4.78, 5) is 6.91. The molecular weight excluding hydrogens is 434 g/mol. The van der Waals surface area contributed by atoms with Crippen molar-refractivity contribution in [3.63, 3.8) is 0 Å². The van der Waals surface area contributed by atoms with Crippen molar-refractivity contribution < 1.29 is 9.13 Å². The number of ether oxygens (including phenoxy) is 1. The second-order valence-electron chi connectivity index (χ2n) is 6.09. The van der Waals surface area contributed by atoms with Crippen LogP contribution in [0.4, 0.5) is 4.39 Å². The Bertz CT molecular complexity index is 512. The van der Waals surface area contributed by atoms with Crippen LogP contribution in [-0.2, 0) is 0 Å². The lowest BCUT2D eigenvalue weighted by molar-refractivity contribution is 0.273. The third-order valence-corrected chi connectivity index (χ3v) is 4.34. The Morgan fingerprint density at radius 3 is 2.84 bits per heavy atom. The molecule has 1 atom stereocenters. The summed E-state index contributed by atoms with van der Waals surface area (Å²) < 4.78 is 18.3. The molecule has 0 bridgehead atoms. The summed E-state index contributed by atoms with van der Waals surface area (Å²) in [5.74, 6) is 0.973. The number of unbranched alkanes of at least 4 members (excludes halogenated alkanes) is 1. The van der Waals surface area contributed by atoms with E-state index in [0.717, 1.165) is 32.5 Å². The molecule has 1 heterocycles. The van der Waals surface area contributed by atoms with Crippen molar-refractivity contribution in [3.8, 4) is 5.75 Å². The van der Waals surface area contributed by atoms with Crippen LogP contribution in [0.1, 0.15) is 32.6 Å². The van der Waals surface area contributed by atoms with E-state index >= 15 is 0 Å². The summed E-state index contributed by atoms with van der Waals surface area (Å²) in [7, 11) is 0. The van der Waals surface area contributed by atoms with E-state index in [1.807, 2.05) is 0 Å². The van der Waals surface area contributed by atoms with E-state index in [9.17, 15) is 4.39 Å². The largest absolute Gasteiger partial charge is 0.494 e. The average molecular weight is 464 g/mol. The van der Waals surface area contributed by atoms with Crippen molar-refractivity contribution in [2.75, 3.05) is 32.8 Å². The number of nitrogens with zero attached hydrogens (tertiary/aromatic N) is 2. The predicted octanol–water partition coefficient (Wildman–Crippen LogP) is 2.99. The summed E-state index contributed by atoms with van der Waals surface area (Å²) in [6, 6.07) is 6.62. The minimum atomic E-state index is -0.249. The highest BCUT2D eigenvalue weighted by Gasteiger charge is 2.22. The fourth-order valence-electron chi connectivity index (χ4n) is 2.94.